The number of aryl methyl sites for hydroxylation is 2. The number of nitrogens with one attached hydrogen (secondary N) is 1. The van der Waals surface area contributed by atoms with E-state index in [0.717, 1.165) is 19.3 Å². The van der Waals surface area contributed by atoms with Gasteiger partial charge in [0.05, 0.1) is 16.9 Å². The summed E-state index contributed by atoms with van der Waals surface area (Å²) in [4.78, 5) is 15.0. The van der Waals surface area contributed by atoms with Crippen molar-refractivity contribution in [2.45, 2.75) is 39.7 Å². The topological polar surface area (TPSA) is 55.1 Å². The smallest absolute Gasteiger partial charge is 0.233 e. The summed E-state index contributed by atoms with van der Waals surface area (Å²) in [6.45, 7) is 4.75. The van der Waals surface area contributed by atoms with E-state index >= 15 is 0 Å². The number of amides is 1. The molecule has 2 rings (SSSR count). The summed E-state index contributed by atoms with van der Waals surface area (Å²) in [6.07, 6.45) is 2.61. The van der Waals surface area contributed by atoms with Gasteiger partial charge in [-0.2, -0.15) is 0 Å². The number of nitrogens with two attached hydrogens (primary N) is 1. The van der Waals surface area contributed by atoms with Gasteiger partial charge in [-0.3, -0.25) is 4.79 Å². The van der Waals surface area contributed by atoms with E-state index in [1.807, 2.05) is 0 Å². The van der Waals surface area contributed by atoms with Gasteiger partial charge < -0.3 is 11.1 Å². The molecule has 1 amide bonds. The molecule has 98 valence electrons. The van der Waals surface area contributed by atoms with Gasteiger partial charge in [-0.05, 0) is 38.3 Å². The number of rotatable bonds is 4. The quantitative estimate of drug-likeness (QED) is 0.834. The van der Waals surface area contributed by atoms with E-state index in [1.165, 1.54) is 15.3 Å². The average molecular weight is 282 g/mol. The van der Waals surface area contributed by atoms with Crippen LogP contribution >= 0.6 is 23.6 Å². The minimum Gasteiger partial charge on any atom is -0.392 e. The molecule has 18 heavy (non-hydrogen) atoms. The van der Waals surface area contributed by atoms with Crippen molar-refractivity contribution in [1.29, 1.82) is 0 Å². The second kappa shape index (κ2) is 4.97. The van der Waals surface area contributed by atoms with E-state index in [9.17, 15) is 4.79 Å². The van der Waals surface area contributed by atoms with Crippen LogP contribution in [0, 0.1) is 19.3 Å². The maximum atomic E-state index is 12.2. The third-order valence-corrected chi connectivity index (χ3v) is 5.30. The lowest BCUT2D eigenvalue weighted by atomic mass is 9.68. The Morgan fingerprint density at radius 3 is 2.61 bits per heavy atom. The number of thiophene rings is 1. The molecule has 1 aromatic heterocycles. The fourth-order valence-electron chi connectivity index (χ4n) is 2.19. The summed E-state index contributed by atoms with van der Waals surface area (Å²) >= 11 is 6.75. The Kier molecular flexibility index (Phi) is 3.73. The molecule has 1 aliphatic carbocycles. The van der Waals surface area contributed by atoms with Gasteiger partial charge in [0.1, 0.15) is 0 Å². The van der Waals surface area contributed by atoms with Crippen LogP contribution in [0.4, 0.5) is 0 Å². The van der Waals surface area contributed by atoms with Crippen LogP contribution < -0.4 is 11.1 Å². The van der Waals surface area contributed by atoms with E-state index in [2.05, 4.69) is 25.2 Å². The van der Waals surface area contributed by atoms with Gasteiger partial charge in [-0.1, -0.05) is 18.6 Å². The predicted octanol–water partition coefficient (Wildman–Crippen LogP) is 2.44. The minimum absolute atomic E-state index is 0.00930. The Labute approximate surface area is 117 Å². The van der Waals surface area contributed by atoms with Crippen molar-refractivity contribution in [3.63, 3.8) is 0 Å². The molecule has 0 aliphatic heterocycles. The largest absolute Gasteiger partial charge is 0.392 e. The van der Waals surface area contributed by atoms with Crippen molar-refractivity contribution < 1.29 is 4.79 Å². The van der Waals surface area contributed by atoms with Gasteiger partial charge in [0.15, 0.2) is 0 Å². The van der Waals surface area contributed by atoms with E-state index in [0.29, 0.717) is 11.5 Å². The Bertz CT molecular complexity index is 470. The molecule has 1 aromatic rings. The Morgan fingerprint density at radius 2 is 2.22 bits per heavy atom. The third kappa shape index (κ3) is 2.29. The SMILES string of the molecule is Cc1cc(CNC(=O)C2(C(N)=S)CCC2)sc1C. The molecular formula is C13H18N2OS2. The first-order valence-corrected chi connectivity index (χ1v) is 7.32. The molecule has 0 atom stereocenters. The number of hydrogen-bond donors (Lipinski definition) is 2. The lowest BCUT2D eigenvalue weighted by molar-refractivity contribution is -0.130. The van der Waals surface area contributed by atoms with Gasteiger partial charge in [-0.15, -0.1) is 11.3 Å². The first-order chi connectivity index (χ1) is 8.45. The normalized spacial score (nSPS) is 17.0. The number of thiocarbonyl (C=S) groups is 1. The summed E-state index contributed by atoms with van der Waals surface area (Å²) < 4.78 is 0. The van der Waals surface area contributed by atoms with Crippen LogP contribution in [0.3, 0.4) is 0 Å². The number of carbonyl (C=O) groups excluding carboxylic acids is 1. The molecule has 0 saturated heterocycles. The maximum absolute atomic E-state index is 12.2. The van der Waals surface area contributed by atoms with Gasteiger partial charge in [-0.25, -0.2) is 0 Å². The van der Waals surface area contributed by atoms with Crippen LogP contribution in [0.2, 0.25) is 0 Å². The van der Waals surface area contributed by atoms with Gasteiger partial charge in [0, 0.05) is 9.75 Å². The molecule has 0 unspecified atom stereocenters. The zero-order valence-corrected chi connectivity index (χ0v) is 12.3. The fourth-order valence-corrected chi connectivity index (χ4v) is 3.48. The summed E-state index contributed by atoms with van der Waals surface area (Å²) in [6, 6.07) is 2.12. The van der Waals surface area contributed by atoms with Crippen molar-refractivity contribution in [1.82, 2.24) is 5.32 Å². The van der Waals surface area contributed by atoms with Gasteiger partial charge in [0.25, 0.3) is 0 Å². The van der Waals surface area contributed by atoms with Crippen LogP contribution in [0.1, 0.15) is 34.6 Å². The highest BCUT2D eigenvalue weighted by molar-refractivity contribution is 7.80. The van der Waals surface area contributed by atoms with Crippen LogP contribution in [-0.4, -0.2) is 10.9 Å². The lowest BCUT2D eigenvalue weighted by Crippen LogP contribution is -2.52. The number of hydrogen-bond acceptors (Lipinski definition) is 3. The van der Waals surface area contributed by atoms with Crippen molar-refractivity contribution in [3.05, 3.63) is 21.4 Å². The van der Waals surface area contributed by atoms with Crippen LogP contribution in [0.25, 0.3) is 0 Å². The molecule has 0 bridgehead atoms. The summed E-state index contributed by atoms with van der Waals surface area (Å²) in [5, 5.41) is 2.97. The average Bonchev–Trinajstić information content (AvgIpc) is 2.53. The van der Waals surface area contributed by atoms with Crippen molar-refractivity contribution in [2.75, 3.05) is 0 Å². The van der Waals surface area contributed by atoms with Crippen LogP contribution in [0.5, 0.6) is 0 Å². The summed E-state index contributed by atoms with van der Waals surface area (Å²) in [7, 11) is 0. The van der Waals surface area contributed by atoms with E-state index in [1.54, 1.807) is 11.3 Å². The fraction of sp³-hybridized carbons (Fsp3) is 0.538. The molecule has 3 N–H and O–H groups in total. The van der Waals surface area contributed by atoms with Crippen LogP contribution in [-0.2, 0) is 11.3 Å². The predicted molar refractivity (Wildman–Crippen MR) is 78.7 cm³/mol. The number of carbonyl (C=O) groups is 1. The molecule has 3 nitrogen and oxygen atoms in total. The zero-order valence-electron chi connectivity index (χ0n) is 10.7. The molecule has 0 radical (unpaired) electrons. The molecule has 0 spiro atoms. The second-order valence-electron chi connectivity index (χ2n) is 4.93. The van der Waals surface area contributed by atoms with E-state index < -0.39 is 5.41 Å². The molecule has 0 aromatic carbocycles. The molecule has 5 heteroatoms. The maximum Gasteiger partial charge on any atom is 0.233 e. The molecule has 1 saturated carbocycles. The highest BCUT2D eigenvalue weighted by atomic mass is 32.1. The first-order valence-electron chi connectivity index (χ1n) is 6.10. The minimum atomic E-state index is -0.573. The second-order valence-corrected chi connectivity index (χ2v) is 6.72. The zero-order chi connectivity index (χ0) is 13.3. The van der Waals surface area contributed by atoms with E-state index in [4.69, 9.17) is 18.0 Å². The van der Waals surface area contributed by atoms with Crippen molar-refractivity contribution in [2.24, 2.45) is 11.1 Å². The van der Waals surface area contributed by atoms with Gasteiger partial charge in [0.2, 0.25) is 5.91 Å². The highest BCUT2D eigenvalue weighted by Gasteiger charge is 2.46. The molecule has 1 heterocycles. The Morgan fingerprint density at radius 1 is 1.56 bits per heavy atom. The lowest BCUT2D eigenvalue weighted by Gasteiger charge is -2.39. The molecular weight excluding hydrogens is 264 g/mol. The monoisotopic (exact) mass is 282 g/mol. The Balaban J connectivity index is 1.98. The Hall–Kier alpha value is -0.940. The molecule has 1 aliphatic rings. The highest BCUT2D eigenvalue weighted by Crippen LogP contribution is 2.41. The molecule has 1 fully saturated rings. The third-order valence-electron chi connectivity index (χ3n) is 3.75. The summed E-state index contributed by atoms with van der Waals surface area (Å²) in [5.74, 6) is -0.00930. The van der Waals surface area contributed by atoms with E-state index in [-0.39, 0.29) is 5.91 Å². The summed E-state index contributed by atoms with van der Waals surface area (Å²) in [5.41, 5.74) is 6.41. The van der Waals surface area contributed by atoms with Crippen molar-refractivity contribution in [3.8, 4) is 0 Å². The van der Waals surface area contributed by atoms with Crippen LogP contribution in [0.15, 0.2) is 6.07 Å². The first kappa shape index (κ1) is 13.5. The standard InChI is InChI=1S/C13H18N2OS2/c1-8-6-10(18-9(8)2)7-15-12(16)13(11(14)17)4-3-5-13/h6H,3-5,7H2,1-2H3,(H2,14,17)(H,15,16). The van der Waals surface area contributed by atoms with Crippen molar-refractivity contribution >= 4 is 34.5 Å². The van der Waals surface area contributed by atoms with Gasteiger partial charge >= 0.3 is 0 Å².